The van der Waals surface area contributed by atoms with E-state index >= 15 is 0 Å². The highest BCUT2D eigenvalue weighted by molar-refractivity contribution is 8.13. The zero-order valence-electron chi connectivity index (χ0n) is 17.4. The summed E-state index contributed by atoms with van der Waals surface area (Å²) in [5, 5.41) is 0.836. The zero-order chi connectivity index (χ0) is 22.4. The highest BCUT2D eigenvalue weighted by atomic mass is 35.5. The van der Waals surface area contributed by atoms with Crippen molar-refractivity contribution >= 4 is 38.5 Å². The standard InChI is InChI=1S/C24H24ClNO3S2/c1-26(2)31(28,29)23-15-11-19(12-16-23)20-6-4-7-22(17-20)30-24(27)8-3-5-18-9-13-21(25)14-10-18/h4,6-7,9-17H,3,5,8H2,1-2H3. The van der Waals surface area contributed by atoms with Crippen LogP contribution >= 0.6 is 23.4 Å². The van der Waals surface area contributed by atoms with Crippen molar-refractivity contribution in [1.29, 1.82) is 0 Å². The lowest BCUT2D eigenvalue weighted by Crippen LogP contribution is -2.22. The van der Waals surface area contributed by atoms with Crippen LogP contribution in [-0.4, -0.2) is 31.9 Å². The fourth-order valence-corrected chi connectivity index (χ4v) is 4.91. The van der Waals surface area contributed by atoms with E-state index < -0.39 is 10.0 Å². The van der Waals surface area contributed by atoms with Crippen LogP contribution in [0.4, 0.5) is 0 Å². The molecule has 3 aromatic carbocycles. The van der Waals surface area contributed by atoms with Crippen LogP contribution in [0, 0.1) is 0 Å². The molecule has 0 aliphatic carbocycles. The Labute approximate surface area is 193 Å². The van der Waals surface area contributed by atoms with Crippen molar-refractivity contribution in [3.05, 3.63) is 83.4 Å². The van der Waals surface area contributed by atoms with Crippen LogP contribution in [0.1, 0.15) is 18.4 Å². The predicted octanol–water partition coefficient (Wildman–Crippen LogP) is 5.90. The summed E-state index contributed by atoms with van der Waals surface area (Å²) in [5.74, 6) is 0. The van der Waals surface area contributed by atoms with Crippen molar-refractivity contribution in [1.82, 2.24) is 4.31 Å². The van der Waals surface area contributed by atoms with E-state index in [1.807, 2.05) is 48.5 Å². The molecule has 0 unspecified atom stereocenters. The van der Waals surface area contributed by atoms with Gasteiger partial charge in [0.25, 0.3) is 0 Å². The monoisotopic (exact) mass is 473 g/mol. The Morgan fingerprint density at radius 1 is 0.935 bits per heavy atom. The second-order valence-corrected chi connectivity index (χ2v) is 11.0. The average molecular weight is 474 g/mol. The second-order valence-electron chi connectivity index (χ2n) is 7.29. The molecule has 0 N–H and O–H groups in total. The zero-order valence-corrected chi connectivity index (χ0v) is 19.8. The Morgan fingerprint density at radius 2 is 1.61 bits per heavy atom. The summed E-state index contributed by atoms with van der Waals surface area (Å²) < 4.78 is 25.6. The highest BCUT2D eigenvalue weighted by Gasteiger charge is 2.16. The SMILES string of the molecule is CN(C)S(=O)(=O)c1ccc(-c2cccc(SC(=O)CCCc3ccc(Cl)cc3)c2)cc1. The van der Waals surface area contributed by atoms with Crippen molar-refractivity contribution in [2.45, 2.75) is 29.1 Å². The normalized spacial score (nSPS) is 11.6. The van der Waals surface area contributed by atoms with Crippen LogP contribution < -0.4 is 0 Å². The van der Waals surface area contributed by atoms with Crippen LogP contribution in [0.3, 0.4) is 0 Å². The largest absolute Gasteiger partial charge is 0.287 e. The molecule has 0 heterocycles. The number of nitrogens with zero attached hydrogens (tertiary/aromatic N) is 1. The van der Waals surface area contributed by atoms with E-state index in [4.69, 9.17) is 11.6 Å². The lowest BCUT2D eigenvalue weighted by molar-refractivity contribution is -0.111. The molecule has 0 amide bonds. The van der Waals surface area contributed by atoms with Gasteiger partial charge in [0, 0.05) is 30.4 Å². The minimum Gasteiger partial charge on any atom is -0.287 e. The van der Waals surface area contributed by atoms with Crippen molar-refractivity contribution in [2.24, 2.45) is 0 Å². The molecule has 0 atom stereocenters. The molecule has 3 rings (SSSR count). The minimum absolute atomic E-state index is 0.124. The first-order chi connectivity index (χ1) is 14.8. The number of aryl methyl sites for hydroxylation is 1. The number of hydrogen-bond donors (Lipinski definition) is 0. The Kier molecular flexibility index (Phi) is 7.94. The van der Waals surface area contributed by atoms with Gasteiger partial charge < -0.3 is 0 Å². The molecular formula is C24H24ClNO3S2. The molecule has 3 aromatic rings. The molecule has 162 valence electrons. The van der Waals surface area contributed by atoms with Crippen LogP contribution in [-0.2, 0) is 21.2 Å². The van der Waals surface area contributed by atoms with Crippen LogP contribution in [0.5, 0.6) is 0 Å². The molecule has 4 nitrogen and oxygen atoms in total. The number of halogens is 1. The number of carbonyl (C=O) groups is 1. The summed E-state index contributed by atoms with van der Waals surface area (Å²) in [6.07, 6.45) is 2.12. The van der Waals surface area contributed by atoms with Gasteiger partial charge >= 0.3 is 0 Å². The molecule has 0 aromatic heterocycles. The van der Waals surface area contributed by atoms with Crippen LogP contribution in [0.2, 0.25) is 5.02 Å². The van der Waals surface area contributed by atoms with Crippen molar-refractivity contribution in [3.63, 3.8) is 0 Å². The number of rotatable bonds is 8. The Hall–Kier alpha value is -2.12. The maximum atomic E-state index is 12.4. The first-order valence-electron chi connectivity index (χ1n) is 9.84. The van der Waals surface area contributed by atoms with E-state index in [0.29, 0.717) is 11.4 Å². The van der Waals surface area contributed by atoms with E-state index in [9.17, 15) is 13.2 Å². The van der Waals surface area contributed by atoms with Gasteiger partial charge in [0.15, 0.2) is 5.12 Å². The first kappa shape index (κ1) is 23.5. The summed E-state index contributed by atoms with van der Waals surface area (Å²) >= 11 is 7.14. The fraction of sp³-hybridized carbons (Fsp3) is 0.208. The molecule has 7 heteroatoms. The lowest BCUT2D eigenvalue weighted by Gasteiger charge is -2.12. The third-order valence-electron chi connectivity index (χ3n) is 4.79. The summed E-state index contributed by atoms with van der Waals surface area (Å²) in [5.41, 5.74) is 3.01. The highest BCUT2D eigenvalue weighted by Crippen LogP contribution is 2.28. The van der Waals surface area contributed by atoms with Crippen molar-refractivity contribution in [3.8, 4) is 11.1 Å². The van der Waals surface area contributed by atoms with Gasteiger partial charge in [-0.3, -0.25) is 4.79 Å². The Balaban J connectivity index is 1.60. The van der Waals surface area contributed by atoms with Crippen molar-refractivity contribution in [2.75, 3.05) is 14.1 Å². The van der Waals surface area contributed by atoms with E-state index in [1.165, 1.54) is 35.7 Å². The summed E-state index contributed by atoms with van der Waals surface area (Å²) in [4.78, 5) is 13.5. The van der Waals surface area contributed by atoms with E-state index in [1.54, 1.807) is 24.3 Å². The average Bonchev–Trinajstić information content (AvgIpc) is 2.75. The van der Waals surface area contributed by atoms with Gasteiger partial charge in [-0.15, -0.1) is 0 Å². The van der Waals surface area contributed by atoms with Crippen LogP contribution in [0.15, 0.2) is 82.6 Å². The van der Waals surface area contributed by atoms with Gasteiger partial charge in [-0.1, -0.05) is 59.8 Å². The fourth-order valence-electron chi connectivity index (χ4n) is 3.04. The van der Waals surface area contributed by atoms with E-state index in [2.05, 4.69) is 0 Å². The Bertz CT molecular complexity index is 1140. The number of benzene rings is 3. The number of sulfonamides is 1. The quantitative estimate of drug-likeness (QED) is 0.382. The molecule has 0 aliphatic heterocycles. The summed E-state index contributed by atoms with van der Waals surface area (Å²) in [7, 11) is -0.432. The molecule has 31 heavy (non-hydrogen) atoms. The molecule has 0 spiro atoms. The van der Waals surface area contributed by atoms with E-state index in [0.717, 1.165) is 28.9 Å². The predicted molar refractivity (Wildman–Crippen MR) is 128 cm³/mol. The smallest absolute Gasteiger partial charge is 0.242 e. The number of carbonyl (C=O) groups excluding carboxylic acids is 1. The van der Waals surface area contributed by atoms with Gasteiger partial charge in [-0.05, 0) is 65.9 Å². The van der Waals surface area contributed by atoms with Crippen molar-refractivity contribution < 1.29 is 13.2 Å². The first-order valence-corrected chi connectivity index (χ1v) is 12.5. The molecular weight excluding hydrogens is 450 g/mol. The third kappa shape index (κ3) is 6.43. The summed E-state index contributed by atoms with van der Waals surface area (Å²) in [6.45, 7) is 0. The molecule has 0 saturated heterocycles. The summed E-state index contributed by atoms with van der Waals surface area (Å²) in [6, 6.07) is 22.2. The Morgan fingerprint density at radius 3 is 2.26 bits per heavy atom. The molecule has 0 aliphatic rings. The van der Waals surface area contributed by atoms with Gasteiger partial charge in [0.2, 0.25) is 10.0 Å². The number of hydrogen-bond acceptors (Lipinski definition) is 4. The molecule has 0 saturated carbocycles. The molecule has 0 bridgehead atoms. The lowest BCUT2D eigenvalue weighted by atomic mass is 10.1. The second kappa shape index (κ2) is 10.5. The van der Waals surface area contributed by atoms with Gasteiger partial charge in [0.1, 0.15) is 0 Å². The van der Waals surface area contributed by atoms with Gasteiger partial charge in [-0.2, -0.15) is 0 Å². The maximum Gasteiger partial charge on any atom is 0.242 e. The van der Waals surface area contributed by atoms with Crippen LogP contribution in [0.25, 0.3) is 11.1 Å². The maximum absolute atomic E-state index is 12.4. The number of thioether (sulfide) groups is 1. The van der Waals surface area contributed by atoms with Gasteiger partial charge in [-0.25, -0.2) is 12.7 Å². The molecule has 0 fully saturated rings. The van der Waals surface area contributed by atoms with E-state index in [-0.39, 0.29) is 10.0 Å². The van der Waals surface area contributed by atoms with Gasteiger partial charge in [0.05, 0.1) is 4.90 Å². The topological polar surface area (TPSA) is 54.5 Å². The minimum atomic E-state index is -3.45. The molecule has 0 radical (unpaired) electrons. The third-order valence-corrected chi connectivity index (χ3v) is 7.79.